The van der Waals surface area contributed by atoms with Crippen molar-refractivity contribution < 1.29 is 14.4 Å². The maximum atomic E-state index is 11.7. The zero-order valence-electron chi connectivity index (χ0n) is 10.4. The summed E-state index contributed by atoms with van der Waals surface area (Å²) in [4.78, 5) is 35.1. The molecular formula is C14H18O3. The largest absolute Gasteiger partial charge is 0.300 e. The van der Waals surface area contributed by atoms with Crippen LogP contribution >= 0.6 is 0 Å². The number of hydrogen-bond acceptors (Lipinski definition) is 3. The van der Waals surface area contributed by atoms with Gasteiger partial charge in [-0.15, -0.1) is 0 Å². The Balaban J connectivity index is 2.27. The molecule has 0 aromatic rings. The van der Waals surface area contributed by atoms with E-state index in [-0.39, 0.29) is 47.4 Å². The highest BCUT2D eigenvalue weighted by Gasteiger charge is 2.49. The first kappa shape index (κ1) is 12.2. The van der Waals surface area contributed by atoms with E-state index >= 15 is 0 Å². The fourth-order valence-corrected chi connectivity index (χ4v) is 3.34. The highest BCUT2D eigenvalue weighted by Crippen LogP contribution is 2.45. The molecule has 0 aliphatic heterocycles. The van der Waals surface area contributed by atoms with Gasteiger partial charge in [-0.2, -0.15) is 0 Å². The maximum Gasteiger partial charge on any atom is 0.144 e. The molecule has 0 aromatic carbocycles. The molecular weight excluding hydrogens is 216 g/mol. The van der Waals surface area contributed by atoms with Crippen LogP contribution in [0.1, 0.15) is 33.1 Å². The van der Waals surface area contributed by atoms with Gasteiger partial charge in [0.15, 0.2) is 0 Å². The van der Waals surface area contributed by atoms with Gasteiger partial charge in [-0.1, -0.05) is 12.2 Å². The average molecular weight is 234 g/mol. The van der Waals surface area contributed by atoms with Crippen molar-refractivity contribution in [3.05, 3.63) is 12.2 Å². The number of rotatable bonds is 2. The minimum atomic E-state index is -0.202. The van der Waals surface area contributed by atoms with Crippen molar-refractivity contribution >= 4 is 17.3 Å². The quantitative estimate of drug-likeness (QED) is 0.542. The lowest BCUT2D eigenvalue weighted by Gasteiger charge is -2.36. The van der Waals surface area contributed by atoms with Gasteiger partial charge < -0.3 is 0 Å². The van der Waals surface area contributed by atoms with E-state index in [0.29, 0.717) is 12.8 Å². The van der Waals surface area contributed by atoms with Crippen LogP contribution in [0.4, 0.5) is 0 Å². The molecule has 3 heteroatoms. The third-order valence-corrected chi connectivity index (χ3v) is 4.32. The van der Waals surface area contributed by atoms with E-state index in [4.69, 9.17) is 0 Å². The van der Waals surface area contributed by atoms with E-state index in [0.717, 1.165) is 5.57 Å². The number of carbonyl (C=O) groups excluding carboxylic acids is 3. The van der Waals surface area contributed by atoms with Crippen LogP contribution in [-0.2, 0) is 14.4 Å². The van der Waals surface area contributed by atoms with Gasteiger partial charge in [0.1, 0.15) is 17.3 Å². The summed E-state index contributed by atoms with van der Waals surface area (Å²) in [5.41, 5.74) is 0.954. The average Bonchev–Trinajstić information content (AvgIpc) is 2.52. The highest BCUT2D eigenvalue weighted by molar-refractivity contribution is 6.08. The molecule has 2 fully saturated rings. The monoisotopic (exact) mass is 234 g/mol. The Kier molecular flexibility index (Phi) is 3.02. The molecule has 3 nitrogen and oxygen atoms in total. The molecule has 0 aromatic heterocycles. The predicted octanol–water partition coefficient (Wildman–Crippen LogP) is 1.95. The Hall–Kier alpha value is -1.25. The summed E-state index contributed by atoms with van der Waals surface area (Å²) in [6.45, 7) is 7.40. The van der Waals surface area contributed by atoms with E-state index in [2.05, 4.69) is 6.58 Å². The Morgan fingerprint density at radius 2 is 1.53 bits per heavy atom. The summed E-state index contributed by atoms with van der Waals surface area (Å²) in [5.74, 6) is -0.192. The van der Waals surface area contributed by atoms with Gasteiger partial charge in [0.25, 0.3) is 0 Å². The molecule has 2 saturated carbocycles. The Bertz CT molecular complexity index is 370. The van der Waals surface area contributed by atoms with Crippen molar-refractivity contribution in [1.29, 1.82) is 0 Å². The van der Waals surface area contributed by atoms with Gasteiger partial charge in [0.2, 0.25) is 0 Å². The lowest BCUT2D eigenvalue weighted by atomic mass is 9.66. The Labute approximate surface area is 101 Å². The molecule has 4 atom stereocenters. The van der Waals surface area contributed by atoms with E-state index < -0.39 is 0 Å². The fraction of sp³-hybridized carbons (Fsp3) is 0.643. The minimum absolute atomic E-state index is 0.0337. The standard InChI is InChI=1S/C14H18O3/c1-7(2)9-4-11-12(5-10(9)8(3)15)14(17)6-13(11)16/h9-12H,1,4-6H2,2-3H3. The van der Waals surface area contributed by atoms with E-state index in [9.17, 15) is 14.4 Å². The topological polar surface area (TPSA) is 51.2 Å². The first-order chi connectivity index (χ1) is 7.91. The number of allylic oxidation sites excluding steroid dienone is 1. The molecule has 0 spiro atoms. The van der Waals surface area contributed by atoms with E-state index in [1.807, 2.05) is 6.92 Å². The summed E-state index contributed by atoms with van der Waals surface area (Å²) in [7, 11) is 0. The van der Waals surface area contributed by atoms with Crippen LogP contribution in [0.15, 0.2) is 12.2 Å². The smallest absolute Gasteiger partial charge is 0.144 e. The van der Waals surface area contributed by atoms with Crippen LogP contribution < -0.4 is 0 Å². The second-order valence-electron chi connectivity index (χ2n) is 5.46. The fourth-order valence-electron chi connectivity index (χ4n) is 3.34. The van der Waals surface area contributed by atoms with Crippen LogP contribution in [0, 0.1) is 23.7 Å². The Morgan fingerprint density at radius 3 is 1.94 bits per heavy atom. The van der Waals surface area contributed by atoms with Crippen molar-refractivity contribution in [2.24, 2.45) is 23.7 Å². The molecule has 2 rings (SSSR count). The van der Waals surface area contributed by atoms with Gasteiger partial charge in [0, 0.05) is 17.8 Å². The van der Waals surface area contributed by atoms with Crippen LogP contribution in [-0.4, -0.2) is 17.3 Å². The second kappa shape index (κ2) is 4.21. The second-order valence-corrected chi connectivity index (χ2v) is 5.46. The predicted molar refractivity (Wildman–Crippen MR) is 63.3 cm³/mol. The third-order valence-electron chi connectivity index (χ3n) is 4.32. The number of hydrogen-bond donors (Lipinski definition) is 0. The maximum absolute atomic E-state index is 11.7. The zero-order chi connectivity index (χ0) is 12.7. The van der Waals surface area contributed by atoms with Crippen LogP contribution in [0.5, 0.6) is 0 Å². The molecule has 0 N–H and O–H groups in total. The molecule has 0 saturated heterocycles. The minimum Gasteiger partial charge on any atom is -0.300 e. The van der Waals surface area contributed by atoms with Crippen molar-refractivity contribution in [1.82, 2.24) is 0 Å². The Morgan fingerprint density at radius 1 is 1.06 bits per heavy atom. The highest BCUT2D eigenvalue weighted by atomic mass is 16.2. The van der Waals surface area contributed by atoms with Crippen LogP contribution in [0.3, 0.4) is 0 Å². The van der Waals surface area contributed by atoms with Crippen molar-refractivity contribution in [3.8, 4) is 0 Å². The summed E-state index contributed by atoms with van der Waals surface area (Å²) in [6.07, 6.45) is 1.25. The molecule has 0 heterocycles. The van der Waals surface area contributed by atoms with E-state index in [1.54, 1.807) is 6.92 Å². The molecule has 92 valence electrons. The third kappa shape index (κ3) is 1.99. The number of fused-ring (bicyclic) bond motifs is 1. The van der Waals surface area contributed by atoms with E-state index in [1.165, 1.54) is 0 Å². The molecule has 17 heavy (non-hydrogen) atoms. The SMILES string of the molecule is C=C(C)C1CC2C(=O)CC(=O)C2CC1C(C)=O. The zero-order valence-corrected chi connectivity index (χ0v) is 10.4. The van der Waals surface area contributed by atoms with Crippen molar-refractivity contribution in [3.63, 3.8) is 0 Å². The molecule has 2 aliphatic carbocycles. The summed E-state index contributed by atoms with van der Waals surface area (Å²) in [5, 5.41) is 0. The summed E-state index contributed by atoms with van der Waals surface area (Å²) >= 11 is 0. The van der Waals surface area contributed by atoms with Gasteiger partial charge >= 0.3 is 0 Å². The molecule has 0 bridgehead atoms. The molecule has 0 amide bonds. The molecule has 0 radical (unpaired) electrons. The van der Waals surface area contributed by atoms with Crippen LogP contribution in [0.2, 0.25) is 0 Å². The van der Waals surface area contributed by atoms with Gasteiger partial charge in [-0.05, 0) is 32.6 Å². The molecule has 2 aliphatic rings. The van der Waals surface area contributed by atoms with Crippen molar-refractivity contribution in [2.75, 3.05) is 0 Å². The normalized spacial score (nSPS) is 36.8. The van der Waals surface area contributed by atoms with Gasteiger partial charge in [-0.25, -0.2) is 0 Å². The summed E-state index contributed by atoms with van der Waals surface area (Å²) < 4.78 is 0. The van der Waals surface area contributed by atoms with Crippen LogP contribution in [0.25, 0.3) is 0 Å². The lowest BCUT2D eigenvalue weighted by molar-refractivity contribution is -0.129. The van der Waals surface area contributed by atoms with Gasteiger partial charge in [-0.3, -0.25) is 14.4 Å². The lowest BCUT2D eigenvalue weighted by Crippen LogP contribution is -2.37. The first-order valence-corrected chi connectivity index (χ1v) is 6.13. The summed E-state index contributed by atoms with van der Waals surface area (Å²) in [6, 6.07) is 0. The number of Topliss-reactive ketones (excluding diaryl/α,β-unsaturated/α-hetero) is 3. The number of ketones is 3. The van der Waals surface area contributed by atoms with Gasteiger partial charge in [0.05, 0.1) is 6.42 Å². The number of carbonyl (C=O) groups is 3. The van der Waals surface area contributed by atoms with Crippen molar-refractivity contribution in [2.45, 2.75) is 33.1 Å². The molecule has 4 unspecified atom stereocenters. The first-order valence-electron chi connectivity index (χ1n) is 6.13.